The molecule has 2 fully saturated rings. The molecule has 0 aliphatic carbocycles. The standard InChI is InChI=1S/C16H21FN2O2.ClH/c17-13-4-1-3-12(9-13)15-11-19(7-8-21-15)16(20)10-14-5-2-6-18-14;/h1,3-4,9,14-15,18H,2,5-8,10-11H2;1H. The van der Waals surface area contributed by atoms with Crippen LogP contribution >= 0.6 is 12.4 Å². The van der Waals surface area contributed by atoms with Crippen molar-refractivity contribution in [2.75, 3.05) is 26.2 Å². The Hall–Kier alpha value is -1.17. The lowest BCUT2D eigenvalue weighted by molar-refractivity contribution is -0.139. The summed E-state index contributed by atoms with van der Waals surface area (Å²) in [6.45, 7) is 2.64. The fraction of sp³-hybridized carbons (Fsp3) is 0.562. The van der Waals surface area contributed by atoms with Crippen LogP contribution in [-0.2, 0) is 9.53 Å². The highest BCUT2D eigenvalue weighted by molar-refractivity contribution is 5.85. The van der Waals surface area contributed by atoms with E-state index in [1.807, 2.05) is 11.0 Å². The summed E-state index contributed by atoms with van der Waals surface area (Å²) < 4.78 is 19.0. The average molecular weight is 329 g/mol. The molecule has 2 unspecified atom stereocenters. The highest BCUT2D eigenvalue weighted by Crippen LogP contribution is 2.23. The van der Waals surface area contributed by atoms with Crippen molar-refractivity contribution in [3.05, 3.63) is 35.6 Å². The topological polar surface area (TPSA) is 41.6 Å². The first-order valence-electron chi connectivity index (χ1n) is 7.60. The minimum Gasteiger partial charge on any atom is -0.370 e. The maximum Gasteiger partial charge on any atom is 0.224 e. The summed E-state index contributed by atoms with van der Waals surface area (Å²) in [6.07, 6.45) is 2.54. The molecule has 2 atom stereocenters. The molecule has 2 saturated heterocycles. The molecule has 1 N–H and O–H groups in total. The van der Waals surface area contributed by atoms with Gasteiger partial charge in [-0.2, -0.15) is 0 Å². The first-order valence-corrected chi connectivity index (χ1v) is 7.60. The zero-order valence-corrected chi connectivity index (χ0v) is 13.3. The highest BCUT2D eigenvalue weighted by Gasteiger charge is 2.27. The van der Waals surface area contributed by atoms with Crippen LogP contribution in [0.4, 0.5) is 4.39 Å². The number of halogens is 2. The van der Waals surface area contributed by atoms with Crippen molar-refractivity contribution in [3.8, 4) is 0 Å². The number of carbonyl (C=O) groups is 1. The van der Waals surface area contributed by atoms with Gasteiger partial charge in [0.1, 0.15) is 11.9 Å². The minimum atomic E-state index is -0.269. The van der Waals surface area contributed by atoms with Crippen molar-refractivity contribution in [1.82, 2.24) is 10.2 Å². The molecule has 0 saturated carbocycles. The Kier molecular flexibility index (Phi) is 6.17. The SMILES string of the molecule is Cl.O=C(CC1CCCN1)N1CCOC(c2cccc(F)c2)C1. The van der Waals surface area contributed by atoms with Crippen LogP contribution in [-0.4, -0.2) is 43.1 Å². The molecule has 1 aromatic rings. The molecule has 3 rings (SSSR count). The fourth-order valence-electron chi connectivity index (χ4n) is 3.06. The summed E-state index contributed by atoms with van der Waals surface area (Å²) in [5.74, 6) is -0.103. The van der Waals surface area contributed by atoms with Crippen molar-refractivity contribution in [1.29, 1.82) is 0 Å². The number of amides is 1. The lowest BCUT2D eigenvalue weighted by atomic mass is 10.1. The minimum absolute atomic E-state index is 0. The monoisotopic (exact) mass is 328 g/mol. The van der Waals surface area contributed by atoms with E-state index in [0.717, 1.165) is 24.9 Å². The molecule has 6 heteroatoms. The molecule has 2 heterocycles. The van der Waals surface area contributed by atoms with E-state index < -0.39 is 0 Å². The van der Waals surface area contributed by atoms with Gasteiger partial charge in [0, 0.05) is 19.0 Å². The summed E-state index contributed by atoms with van der Waals surface area (Å²) >= 11 is 0. The maximum absolute atomic E-state index is 13.3. The van der Waals surface area contributed by atoms with Gasteiger partial charge in [-0.1, -0.05) is 12.1 Å². The number of morpholine rings is 1. The molecule has 0 aromatic heterocycles. The van der Waals surface area contributed by atoms with Crippen molar-refractivity contribution >= 4 is 18.3 Å². The zero-order chi connectivity index (χ0) is 14.7. The molecule has 22 heavy (non-hydrogen) atoms. The van der Waals surface area contributed by atoms with Gasteiger partial charge in [0.25, 0.3) is 0 Å². The Balaban J connectivity index is 0.00000176. The van der Waals surface area contributed by atoms with Crippen molar-refractivity contribution < 1.29 is 13.9 Å². The largest absolute Gasteiger partial charge is 0.370 e. The molecule has 0 radical (unpaired) electrons. The van der Waals surface area contributed by atoms with E-state index in [0.29, 0.717) is 32.2 Å². The quantitative estimate of drug-likeness (QED) is 0.925. The van der Waals surface area contributed by atoms with Gasteiger partial charge in [0.05, 0.1) is 13.2 Å². The Bertz CT molecular complexity index is 509. The van der Waals surface area contributed by atoms with Gasteiger partial charge in [-0.25, -0.2) is 4.39 Å². The maximum atomic E-state index is 13.3. The normalized spacial score (nSPS) is 24.9. The number of benzene rings is 1. The van der Waals surface area contributed by atoms with E-state index in [9.17, 15) is 9.18 Å². The molecule has 1 aromatic carbocycles. The summed E-state index contributed by atoms with van der Waals surface area (Å²) in [5, 5.41) is 3.35. The van der Waals surface area contributed by atoms with Crippen molar-refractivity contribution in [2.24, 2.45) is 0 Å². The third kappa shape index (κ3) is 4.18. The molecular weight excluding hydrogens is 307 g/mol. The molecule has 4 nitrogen and oxygen atoms in total. The average Bonchev–Trinajstić information content (AvgIpc) is 3.00. The number of rotatable bonds is 3. The van der Waals surface area contributed by atoms with E-state index in [1.54, 1.807) is 6.07 Å². The molecule has 2 aliphatic rings. The number of nitrogens with zero attached hydrogens (tertiary/aromatic N) is 1. The summed E-state index contributed by atoms with van der Waals surface area (Å²) in [7, 11) is 0. The van der Waals surface area contributed by atoms with Gasteiger partial charge in [0.2, 0.25) is 5.91 Å². The predicted octanol–water partition coefficient (Wildman–Crippen LogP) is 2.29. The van der Waals surface area contributed by atoms with Gasteiger partial charge in [-0.15, -0.1) is 12.4 Å². The van der Waals surface area contributed by atoms with Crippen LogP contribution < -0.4 is 5.32 Å². The molecule has 0 spiro atoms. The van der Waals surface area contributed by atoms with Crippen molar-refractivity contribution in [2.45, 2.75) is 31.4 Å². The Labute approximate surface area is 136 Å². The highest BCUT2D eigenvalue weighted by atomic mass is 35.5. The van der Waals surface area contributed by atoms with Gasteiger partial charge < -0.3 is 15.0 Å². The number of ether oxygens (including phenoxy) is 1. The number of hydrogen-bond donors (Lipinski definition) is 1. The third-order valence-corrected chi connectivity index (χ3v) is 4.22. The van der Waals surface area contributed by atoms with Crippen LogP contribution in [0.5, 0.6) is 0 Å². The number of hydrogen-bond acceptors (Lipinski definition) is 3. The van der Waals surface area contributed by atoms with Gasteiger partial charge in [0.15, 0.2) is 0 Å². The van der Waals surface area contributed by atoms with Crippen LogP contribution in [0.1, 0.15) is 30.9 Å². The summed E-state index contributed by atoms with van der Waals surface area (Å²) in [6, 6.07) is 6.74. The fourth-order valence-corrected chi connectivity index (χ4v) is 3.06. The van der Waals surface area contributed by atoms with Crippen LogP contribution in [0, 0.1) is 5.82 Å². The second-order valence-corrected chi connectivity index (χ2v) is 5.75. The second-order valence-electron chi connectivity index (χ2n) is 5.75. The molecule has 2 aliphatic heterocycles. The zero-order valence-electron chi connectivity index (χ0n) is 12.5. The van der Waals surface area contributed by atoms with Gasteiger partial charge >= 0.3 is 0 Å². The first-order chi connectivity index (χ1) is 10.2. The third-order valence-electron chi connectivity index (χ3n) is 4.22. The molecule has 1 amide bonds. The van der Waals surface area contributed by atoms with Crippen LogP contribution in [0.25, 0.3) is 0 Å². The number of nitrogens with one attached hydrogen (secondary N) is 1. The lowest BCUT2D eigenvalue weighted by Crippen LogP contribution is -2.44. The van der Waals surface area contributed by atoms with E-state index in [2.05, 4.69) is 5.32 Å². The Morgan fingerprint density at radius 2 is 2.32 bits per heavy atom. The van der Waals surface area contributed by atoms with Crippen LogP contribution in [0.15, 0.2) is 24.3 Å². The number of carbonyl (C=O) groups excluding carboxylic acids is 1. The van der Waals surface area contributed by atoms with Gasteiger partial charge in [-0.05, 0) is 37.1 Å². The second kappa shape index (κ2) is 7.90. The van der Waals surface area contributed by atoms with Gasteiger partial charge in [-0.3, -0.25) is 4.79 Å². The molecular formula is C16H22ClFN2O2. The lowest BCUT2D eigenvalue weighted by Gasteiger charge is -2.33. The van der Waals surface area contributed by atoms with E-state index in [1.165, 1.54) is 12.1 Å². The van der Waals surface area contributed by atoms with E-state index in [-0.39, 0.29) is 30.2 Å². The predicted molar refractivity (Wildman–Crippen MR) is 84.6 cm³/mol. The van der Waals surface area contributed by atoms with Crippen LogP contribution in [0.2, 0.25) is 0 Å². The van der Waals surface area contributed by atoms with Crippen LogP contribution in [0.3, 0.4) is 0 Å². The Morgan fingerprint density at radius 3 is 3.05 bits per heavy atom. The molecule has 0 bridgehead atoms. The summed E-state index contributed by atoms with van der Waals surface area (Å²) in [4.78, 5) is 14.2. The van der Waals surface area contributed by atoms with E-state index >= 15 is 0 Å². The molecule has 122 valence electrons. The van der Waals surface area contributed by atoms with Crippen molar-refractivity contribution in [3.63, 3.8) is 0 Å². The Morgan fingerprint density at radius 1 is 1.45 bits per heavy atom. The smallest absolute Gasteiger partial charge is 0.224 e. The van der Waals surface area contributed by atoms with E-state index in [4.69, 9.17) is 4.74 Å². The first kappa shape index (κ1) is 17.2. The summed E-state index contributed by atoms with van der Waals surface area (Å²) in [5.41, 5.74) is 0.798.